The molecule has 0 radical (unpaired) electrons. The molecule has 0 fully saturated rings. The lowest BCUT2D eigenvalue weighted by Crippen LogP contribution is -2.30. The third-order valence-corrected chi connectivity index (χ3v) is 3.60. The van der Waals surface area contributed by atoms with E-state index in [9.17, 15) is 5.11 Å². The van der Waals surface area contributed by atoms with Crippen LogP contribution in [0.25, 0.3) is 0 Å². The van der Waals surface area contributed by atoms with Crippen LogP contribution in [0.3, 0.4) is 0 Å². The van der Waals surface area contributed by atoms with Crippen molar-refractivity contribution in [3.63, 3.8) is 0 Å². The van der Waals surface area contributed by atoms with Crippen molar-refractivity contribution in [2.75, 3.05) is 0 Å². The molecule has 1 N–H and O–H groups in total. The number of halogens is 2. The molecule has 0 amide bonds. The molecule has 19 heavy (non-hydrogen) atoms. The van der Waals surface area contributed by atoms with E-state index in [2.05, 4.69) is 0 Å². The molecule has 0 heterocycles. The lowest BCUT2D eigenvalue weighted by atomic mass is 9.90. The van der Waals surface area contributed by atoms with E-state index < -0.39 is 5.60 Å². The molecule has 2 aromatic rings. The summed E-state index contributed by atoms with van der Waals surface area (Å²) in [6.45, 7) is 1.82. The molecule has 0 aliphatic heterocycles. The molecule has 0 aromatic heterocycles. The van der Waals surface area contributed by atoms with Crippen LogP contribution in [-0.2, 0) is 12.8 Å². The third-order valence-electron chi connectivity index (χ3n) is 3.01. The fraction of sp³-hybridized carbons (Fsp3) is 0.250. The van der Waals surface area contributed by atoms with Gasteiger partial charge in [-0.25, -0.2) is 0 Å². The Morgan fingerprint density at radius 3 is 2.32 bits per heavy atom. The van der Waals surface area contributed by atoms with Gasteiger partial charge in [-0.3, -0.25) is 0 Å². The van der Waals surface area contributed by atoms with E-state index in [-0.39, 0.29) is 0 Å². The van der Waals surface area contributed by atoms with Gasteiger partial charge in [0.05, 0.1) is 5.60 Å². The van der Waals surface area contributed by atoms with E-state index in [0.717, 1.165) is 11.1 Å². The van der Waals surface area contributed by atoms with Gasteiger partial charge in [-0.1, -0.05) is 59.6 Å². The first-order chi connectivity index (χ1) is 8.96. The summed E-state index contributed by atoms with van der Waals surface area (Å²) in [6, 6.07) is 15.3. The molecule has 0 saturated heterocycles. The second-order valence-electron chi connectivity index (χ2n) is 5.07. The fourth-order valence-corrected chi connectivity index (χ4v) is 2.65. The van der Waals surface area contributed by atoms with Crippen LogP contribution in [0.1, 0.15) is 18.1 Å². The molecular formula is C16H16Cl2O. The second kappa shape index (κ2) is 5.96. The minimum atomic E-state index is -0.835. The lowest BCUT2D eigenvalue weighted by Gasteiger charge is -2.24. The van der Waals surface area contributed by atoms with Gasteiger partial charge in [0.1, 0.15) is 0 Å². The van der Waals surface area contributed by atoms with Gasteiger partial charge in [0, 0.05) is 22.9 Å². The monoisotopic (exact) mass is 294 g/mol. The molecule has 0 bridgehead atoms. The van der Waals surface area contributed by atoms with E-state index in [1.165, 1.54) is 0 Å². The summed E-state index contributed by atoms with van der Waals surface area (Å²) in [5.41, 5.74) is 1.18. The van der Waals surface area contributed by atoms with E-state index in [1.807, 2.05) is 43.3 Å². The highest BCUT2D eigenvalue weighted by Gasteiger charge is 2.22. The molecule has 0 saturated carbocycles. The number of hydrogen-bond acceptors (Lipinski definition) is 1. The van der Waals surface area contributed by atoms with Crippen molar-refractivity contribution in [1.29, 1.82) is 0 Å². The van der Waals surface area contributed by atoms with Crippen LogP contribution >= 0.6 is 23.2 Å². The fourth-order valence-electron chi connectivity index (χ4n) is 2.17. The van der Waals surface area contributed by atoms with E-state index in [4.69, 9.17) is 23.2 Å². The molecule has 0 aliphatic carbocycles. The second-order valence-corrected chi connectivity index (χ2v) is 5.92. The Bertz CT molecular complexity index is 550. The SMILES string of the molecule is CC(O)(Cc1ccccc1)Cc1ccc(Cl)cc1Cl. The zero-order valence-corrected chi connectivity index (χ0v) is 12.2. The van der Waals surface area contributed by atoms with Gasteiger partial charge < -0.3 is 5.11 Å². The minimum absolute atomic E-state index is 0.498. The molecular weight excluding hydrogens is 279 g/mol. The highest BCUT2D eigenvalue weighted by molar-refractivity contribution is 6.35. The van der Waals surface area contributed by atoms with Crippen LogP contribution in [0.2, 0.25) is 10.0 Å². The normalized spacial score (nSPS) is 14.1. The number of benzene rings is 2. The highest BCUT2D eigenvalue weighted by atomic mass is 35.5. The quantitative estimate of drug-likeness (QED) is 0.878. The molecule has 3 heteroatoms. The van der Waals surface area contributed by atoms with Crippen LogP contribution in [0.5, 0.6) is 0 Å². The van der Waals surface area contributed by atoms with Gasteiger partial charge in [-0.05, 0) is 30.2 Å². The van der Waals surface area contributed by atoms with Gasteiger partial charge in [-0.2, -0.15) is 0 Å². The summed E-state index contributed by atoms with van der Waals surface area (Å²) >= 11 is 12.0. The molecule has 100 valence electrons. The predicted octanol–water partition coefficient (Wildman–Crippen LogP) is 4.53. The van der Waals surface area contributed by atoms with Gasteiger partial charge in [-0.15, -0.1) is 0 Å². The van der Waals surface area contributed by atoms with Crippen LogP contribution in [0, 0.1) is 0 Å². The third kappa shape index (κ3) is 4.24. The van der Waals surface area contributed by atoms with Crippen molar-refractivity contribution >= 4 is 23.2 Å². The van der Waals surface area contributed by atoms with Crippen molar-refractivity contribution in [3.8, 4) is 0 Å². The summed E-state index contributed by atoms with van der Waals surface area (Å²) in [5.74, 6) is 0. The van der Waals surface area contributed by atoms with Gasteiger partial charge in [0.15, 0.2) is 0 Å². The molecule has 1 nitrogen and oxygen atoms in total. The zero-order chi connectivity index (χ0) is 13.9. The maximum absolute atomic E-state index is 10.5. The van der Waals surface area contributed by atoms with E-state index >= 15 is 0 Å². The summed E-state index contributed by atoms with van der Waals surface area (Å²) in [4.78, 5) is 0. The van der Waals surface area contributed by atoms with Crippen LogP contribution in [0.15, 0.2) is 48.5 Å². The zero-order valence-electron chi connectivity index (χ0n) is 10.7. The van der Waals surface area contributed by atoms with Gasteiger partial charge in [0.2, 0.25) is 0 Å². The van der Waals surface area contributed by atoms with Crippen molar-refractivity contribution in [3.05, 3.63) is 69.7 Å². The molecule has 2 aromatic carbocycles. The van der Waals surface area contributed by atoms with E-state index in [0.29, 0.717) is 22.9 Å². The summed E-state index contributed by atoms with van der Waals surface area (Å²) < 4.78 is 0. The predicted molar refractivity (Wildman–Crippen MR) is 80.9 cm³/mol. The Hall–Kier alpha value is -1.02. The average Bonchev–Trinajstić information content (AvgIpc) is 2.33. The number of aliphatic hydroxyl groups is 1. The van der Waals surface area contributed by atoms with Gasteiger partial charge in [0.25, 0.3) is 0 Å². The van der Waals surface area contributed by atoms with Crippen LogP contribution in [-0.4, -0.2) is 10.7 Å². The standard InChI is InChI=1S/C16H16Cl2O/c1-16(19,10-12-5-3-2-4-6-12)11-13-7-8-14(17)9-15(13)18/h2-9,19H,10-11H2,1H3. The lowest BCUT2D eigenvalue weighted by molar-refractivity contribution is 0.0608. The van der Waals surface area contributed by atoms with Crippen LogP contribution < -0.4 is 0 Å². The molecule has 0 aliphatic rings. The topological polar surface area (TPSA) is 20.2 Å². The number of rotatable bonds is 4. The molecule has 0 spiro atoms. The first kappa shape index (κ1) is 14.4. The number of hydrogen-bond donors (Lipinski definition) is 1. The van der Waals surface area contributed by atoms with Crippen molar-refractivity contribution in [2.45, 2.75) is 25.4 Å². The maximum Gasteiger partial charge on any atom is 0.0700 e. The summed E-state index contributed by atoms with van der Waals surface area (Å²) in [7, 11) is 0. The van der Waals surface area contributed by atoms with Crippen molar-refractivity contribution in [1.82, 2.24) is 0 Å². The van der Waals surface area contributed by atoms with E-state index in [1.54, 1.807) is 12.1 Å². The Balaban J connectivity index is 2.12. The first-order valence-electron chi connectivity index (χ1n) is 6.16. The van der Waals surface area contributed by atoms with Crippen LogP contribution in [0.4, 0.5) is 0 Å². The van der Waals surface area contributed by atoms with Crippen molar-refractivity contribution in [2.24, 2.45) is 0 Å². The Kier molecular flexibility index (Phi) is 4.51. The first-order valence-corrected chi connectivity index (χ1v) is 6.92. The summed E-state index contributed by atoms with van der Waals surface area (Å²) in [5, 5.41) is 11.7. The maximum atomic E-state index is 10.5. The Morgan fingerprint density at radius 1 is 1.00 bits per heavy atom. The van der Waals surface area contributed by atoms with Crippen molar-refractivity contribution < 1.29 is 5.11 Å². The molecule has 1 atom stereocenters. The minimum Gasteiger partial charge on any atom is -0.389 e. The Morgan fingerprint density at radius 2 is 1.68 bits per heavy atom. The van der Waals surface area contributed by atoms with Gasteiger partial charge >= 0.3 is 0 Å². The smallest absolute Gasteiger partial charge is 0.0700 e. The average molecular weight is 295 g/mol. The summed E-state index contributed by atoms with van der Waals surface area (Å²) in [6.07, 6.45) is 1.09. The molecule has 1 unspecified atom stereocenters. The highest BCUT2D eigenvalue weighted by Crippen LogP contribution is 2.26. The largest absolute Gasteiger partial charge is 0.389 e. The Labute approximate surface area is 123 Å². The molecule has 2 rings (SSSR count).